The lowest BCUT2D eigenvalue weighted by Gasteiger charge is -2.34. The summed E-state index contributed by atoms with van der Waals surface area (Å²) >= 11 is 0. The second-order valence-corrected chi connectivity index (χ2v) is 7.39. The van der Waals surface area contributed by atoms with Crippen molar-refractivity contribution in [3.63, 3.8) is 0 Å². The number of carbonyl (C=O) groups excluding carboxylic acids is 2. The van der Waals surface area contributed by atoms with Crippen LogP contribution in [0.25, 0.3) is 0 Å². The van der Waals surface area contributed by atoms with Crippen molar-refractivity contribution in [1.82, 2.24) is 20.4 Å². The first-order valence-electron chi connectivity index (χ1n) is 10.2. The van der Waals surface area contributed by atoms with Gasteiger partial charge in [0.1, 0.15) is 0 Å². The Bertz CT molecular complexity index is 759. The van der Waals surface area contributed by atoms with E-state index >= 15 is 0 Å². The summed E-state index contributed by atoms with van der Waals surface area (Å²) in [5.74, 6) is -0.282. The quantitative estimate of drug-likeness (QED) is 0.673. The highest BCUT2D eigenvalue weighted by Crippen LogP contribution is 2.08. The molecule has 0 radical (unpaired) electrons. The smallest absolute Gasteiger partial charge is 0.239 e. The molecular formula is C23H30N4O2. The van der Waals surface area contributed by atoms with E-state index in [4.69, 9.17) is 0 Å². The van der Waals surface area contributed by atoms with Crippen molar-refractivity contribution in [1.29, 1.82) is 0 Å². The van der Waals surface area contributed by atoms with Crippen molar-refractivity contribution >= 4 is 11.8 Å². The van der Waals surface area contributed by atoms with Gasteiger partial charge >= 0.3 is 0 Å². The van der Waals surface area contributed by atoms with Crippen molar-refractivity contribution in [2.45, 2.75) is 13.0 Å². The van der Waals surface area contributed by atoms with Gasteiger partial charge in [-0.25, -0.2) is 0 Å². The second-order valence-electron chi connectivity index (χ2n) is 7.39. The van der Waals surface area contributed by atoms with Crippen molar-refractivity contribution in [2.75, 3.05) is 45.8 Å². The lowest BCUT2D eigenvalue weighted by molar-refractivity contribution is -0.125. The van der Waals surface area contributed by atoms with E-state index in [2.05, 4.69) is 44.7 Å². The summed E-state index contributed by atoms with van der Waals surface area (Å²) in [6, 6.07) is 20.1. The summed E-state index contributed by atoms with van der Waals surface area (Å²) in [7, 11) is 0. The van der Waals surface area contributed by atoms with E-state index in [1.807, 2.05) is 36.4 Å². The molecule has 1 saturated heterocycles. The minimum atomic E-state index is -0.144. The Morgan fingerprint density at radius 2 is 1.31 bits per heavy atom. The van der Waals surface area contributed by atoms with Crippen LogP contribution in [0, 0.1) is 0 Å². The van der Waals surface area contributed by atoms with Gasteiger partial charge in [0, 0.05) is 45.8 Å². The summed E-state index contributed by atoms with van der Waals surface area (Å²) in [5, 5.41) is 5.57. The van der Waals surface area contributed by atoms with Crippen LogP contribution < -0.4 is 10.6 Å². The van der Waals surface area contributed by atoms with Crippen molar-refractivity contribution in [3.05, 3.63) is 71.8 Å². The molecule has 2 N–H and O–H groups in total. The average Bonchev–Trinajstić information content (AvgIpc) is 2.75. The van der Waals surface area contributed by atoms with Crippen LogP contribution in [0.4, 0.5) is 0 Å². The monoisotopic (exact) mass is 394 g/mol. The van der Waals surface area contributed by atoms with E-state index in [1.165, 1.54) is 5.56 Å². The molecule has 3 rings (SSSR count). The largest absolute Gasteiger partial charge is 0.353 e. The number of benzene rings is 2. The van der Waals surface area contributed by atoms with Gasteiger partial charge in [-0.2, -0.15) is 0 Å². The number of nitrogens with one attached hydrogen (secondary N) is 2. The molecule has 1 aliphatic rings. The lowest BCUT2D eigenvalue weighted by atomic mass is 10.1. The minimum Gasteiger partial charge on any atom is -0.353 e. The highest BCUT2D eigenvalue weighted by molar-refractivity contribution is 5.85. The molecule has 6 nitrogen and oxygen atoms in total. The average molecular weight is 395 g/mol. The van der Waals surface area contributed by atoms with Gasteiger partial charge in [0.2, 0.25) is 11.8 Å². The minimum absolute atomic E-state index is 0.0243. The van der Waals surface area contributed by atoms with Gasteiger partial charge in [-0.1, -0.05) is 60.7 Å². The molecule has 0 unspecified atom stereocenters. The molecule has 1 aliphatic heterocycles. The molecule has 0 spiro atoms. The standard InChI is InChI=1S/C23H30N4O2/c28-22(17-20-7-3-1-4-8-20)25-18-23(29)24-11-12-26-13-15-27(16-14-26)19-21-9-5-2-6-10-21/h1-10H,11-19H2,(H,24,29)(H,25,28). The number of hydrogen-bond donors (Lipinski definition) is 2. The number of piperazine rings is 1. The molecule has 1 heterocycles. The molecular weight excluding hydrogens is 364 g/mol. The van der Waals surface area contributed by atoms with Gasteiger partial charge in [-0.05, 0) is 11.1 Å². The van der Waals surface area contributed by atoms with E-state index in [1.54, 1.807) is 0 Å². The van der Waals surface area contributed by atoms with E-state index in [0.717, 1.165) is 44.8 Å². The van der Waals surface area contributed by atoms with Crippen molar-refractivity contribution < 1.29 is 9.59 Å². The van der Waals surface area contributed by atoms with Gasteiger partial charge in [0.25, 0.3) is 0 Å². The van der Waals surface area contributed by atoms with Gasteiger partial charge < -0.3 is 10.6 Å². The van der Waals surface area contributed by atoms with Gasteiger partial charge in [-0.15, -0.1) is 0 Å². The lowest BCUT2D eigenvalue weighted by Crippen LogP contribution is -2.48. The maximum Gasteiger partial charge on any atom is 0.239 e. The number of amides is 2. The predicted octanol–water partition coefficient (Wildman–Crippen LogP) is 1.28. The summed E-state index contributed by atoms with van der Waals surface area (Å²) in [4.78, 5) is 28.7. The molecule has 0 saturated carbocycles. The van der Waals surface area contributed by atoms with Crippen LogP contribution in [-0.4, -0.2) is 67.4 Å². The molecule has 1 fully saturated rings. The first-order valence-corrected chi connectivity index (χ1v) is 10.2. The summed E-state index contributed by atoms with van der Waals surface area (Å²) in [6.45, 7) is 6.56. The number of hydrogen-bond acceptors (Lipinski definition) is 4. The van der Waals surface area contributed by atoms with Gasteiger partial charge in [0.15, 0.2) is 0 Å². The molecule has 2 amide bonds. The Kier molecular flexibility index (Phi) is 8.22. The fourth-order valence-corrected chi connectivity index (χ4v) is 3.45. The fourth-order valence-electron chi connectivity index (χ4n) is 3.45. The Labute approximate surface area is 172 Å². The molecule has 29 heavy (non-hydrogen) atoms. The Morgan fingerprint density at radius 3 is 1.97 bits per heavy atom. The summed E-state index contributed by atoms with van der Waals surface area (Å²) < 4.78 is 0. The van der Waals surface area contributed by atoms with Crippen LogP contribution in [0.2, 0.25) is 0 Å². The van der Waals surface area contributed by atoms with Crippen LogP contribution in [0.15, 0.2) is 60.7 Å². The SMILES string of the molecule is O=C(CNC(=O)Cc1ccccc1)NCCN1CCN(Cc2ccccc2)CC1. The van der Waals surface area contributed by atoms with Crippen LogP contribution in [-0.2, 0) is 22.6 Å². The topological polar surface area (TPSA) is 64.7 Å². The van der Waals surface area contributed by atoms with E-state index in [-0.39, 0.29) is 18.4 Å². The first-order chi connectivity index (χ1) is 14.2. The molecule has 0 atom stereocenters. The zero-order valence-corrected chi connectivity index (χ0v) is 16.8. The number of rotatable bonds is 9. The number of carbonyl (C=O) groups is 2. The molecule has 0 aliphatic carbocycles. The van der Waals surface area contributed by atoms with Gasteiger partial charge in [-0.3, -0.25) is 19.4 Å². The summed E-state index contributed by atoms with van der Waals surface area (Å²) in [6.07, 6.45) is 0.293. The molecule has 0 aromatic heterocycles. The van der Waals surface area contributed by atoms with Crippen molar-refractivity contribution in [2.24, 2.45) is 0 Å². The Hall–Kier alpha value is -2.70. The predicted molar refractivity (Wildman–Crippen MR) is 114 cm³/mol. The third-order valence-corrected chi connectivity index (χ3v) is 5.12. The van der Waals surface area contributed by atoms with Gasteiger partial charge in [0.05, 0.1) is 13.0 Å². The van der Waals surface area contributed by atoms with Crippen LogP contribution in [0.1, 0.15) is 11.1 Å². The fraction of sp³-hybridized carbons (Fsp3) is 0.391. The second kappa shape index (κ2) is 11.3. The van der Waals surface area contributed by atoms with E-state index in [0.29, 0.717) is 13.0 Å². The number of nitrogens with zero attached hydrogens (tertiary/aromatic N) is 2. The van der Waals surface area contributed by atoms with Crippen molar-refractivity contribution in [3.8, 4) is 0 Å². The third-order valence-electron chi connectivity index (χ3n) is 5.12. The third kappa shape index (κ3) is 7.68. The highest BCUT2D eigenvalue weighted by Gasteiger charge is 2.16. The van der Waals surface area contributed by atoms with E-state index in [9.17, 15) is 9.59 Å². The van der Waals surface area contributed by atoms with Crippen LogP contribution >= 0.6 is 0 Å². The molecule has 2 aromatic carbocycles. The normalized spacial score (nSPS) is 15.0. The first kappa shape index (κ1) is 21.0. The highest BCUT2D eigenvalue weighted by atomic mass is 16.2. The molecule has 2 aromatic rings. The van der Waals surface area contributed by atoms with E-state index < -0.39 is 0 Å². The Balaban J connectivity index is 1.25. The molecule has 154 valence electrons. The summed E-state index contributed by atoms with van der Waals surface area (Å²) in [5.41, 5.74) is 2.29. The maximum atomic E-state index is 11.9. The zero-order chi connectivity index (χ0) is 20.3. The zero-order valence-electron chi connectivity index (χ0n) is 16.8. The van der Waals surface area contributed by atoms with Crippen LogP contribution in [0.5, 0.6) is 0 Å². The Morgan fingerprint density at radius 1 is 0.724 bits per heavy atom. The molecule has 0 bridgehead atoms. The molecule has 6 heteroatoms. The van der Waals surface area contributed by atoms with Crippen LogP contribution in [0.3, 0.4) is 0 Å². The maximum absolute atomic E-state index is 11.9.